The second-order valence-corrected chi connectivity index (χ2v) is 6.96. The number of nitrogens with zero attached hydrogens (tertiary/aromatic N) is 2. The van der Waals surface area contributed by atoms with E-state index in [0.29, 0.717) is 10.9 Å². The molecule has 8 heteroatoms. The van der Waals surface area contributed by atoms with Gasteiger partial charge in [-0.2, -0.15) is 5.10 Å². The summed E-state index contributed by atoms with van der Waals surface area (Å²) in [4.78, 5) is 0.0768. The minimum absolute atomic E-state index is 0.0768. The molecule has 2 rings (SSSR count). The van der Waals surface area contributed by atoms with E-state index >= 15 is 0 Å². The Labute approximate surface area is 126 Å². The third-order valence-electron chi connectivity index (χ3n) is 2.71. The van der Waals surface area contributed by atoms with Gasteiger partial charge in [0.15, 0.2) is 0 Å². The van der Waals surface area contributed by atoms with Gasteiger partial charge >= 0.3 is 0 Å². The average Bonchev–Trinajstić information content (AvgIpc) is 2.78. The van der Waals surface area contributed by atoms with Gasteiger partial charge in [0, 0.05) is 30.7 Å². The van der Waals surface area contributed by atoms with E-state index < -0.39 is 10.0 Å². The highest BCUT2D eigenvalue weighted by molar-refractivity contribution is 9.10. The van der Waals surface area contributed by atoms with Crippen LogP contribution < -0.4 is 10.5 Å². The molecule has 0 aliphatic rings. The zero-order chi connectivity index (χ0) is 14.8. The highest BCUT2D eigenvalue weighted by Crippen LogP contribution is 2.22. The van der Waals surface area contributed by atoms with Crippen LogP contribution in [0.25, 0.3) is 0 Å². The van der Waals surface area contributed by atoms with Crippen LogP contribution in [0.3, 0.4) is 0 Å². The first kappa shape index (κ1) is 15.0. The number of halogens is 1. The van der Waals surface area contributed by atoms with E-state index in [-0.39, 0.29) is 17.1 Å². The number of hydrogen-bond acceptors (Lipinski definition) is 4. The fourth-order valence-electron chi connectivity index (χ4n) is 1.73. The van der Waals surface area contributed by atoms with Crippen molar-refractivity contribution in [2.24, 2.45) is 7.05 Å². The smallest absolute Gasteiger partial charge is 0.242 e. The van der Waals surface area contributed by atoms with E-state index in [1.54, 1.807) is 16.8 Å². The molecule has 0 spiro atoms. The summed E-state index contributed by atoms with van der Waals surface area (Å²) in [5, 5.41) is 4.18. The molecule has 0 unspecified atom stereocenters. The van der Waals surface area contributed by atoms with Crippen LogP contribution in [-0.4, -0.2) is 24.7 Å². The fourth-order valence-corrected chi connectivity index (χ4v) is 3.43. The molecule has 0 fully saturated rings. The summed E-state index contributed by atoms with van der Waals surface area (Å²) in [5.74, 6) is 0. The van der Waals surface area contributed by atoms with Crippen molar-refractivity contribution in [2.45, 2.75) is 11.3 Å². The van der Waals surface area contributed by atoms with Crippen molar-refractivity contribution >= 4 is 31.6 Å². The number of sulfonamides is 1. The Bertz CT molecular complexity index is 712. The Balaban J connectivity index is 2.06. The van der Waals surface area contributed by atoms with Crippen LogP contribution in [0.5, 0.6) is 0 Å². The minimum atomic E-state index is -3.62. The summed E-state index contributed by atoms with van der Waals surface area (Å²) in [6, 6.07) is 6.58. The highest BCUT2D eigenvalue weighted by Gasteiger charge is 2.17. The van der Waals surface area contributed by atoms with Crippen LogP contribution in [0, 0.1) is 0 Å². The lowest BCUT2D eigenvalue weighted by molar-refractivity contribution is 0.581. The highest BCUT2D eigenvalue weighted by atomic mass is 79.9. The molecule has 2 aromatic rings. The lowest BCUT2D eigenvalue weighted by Crippen LogP contribution is -2.26. The molecule has 0 bridgehead atoms. The summed E-state index contributed by atoms with van der Waals surface area (Å²) in [6.07, 6.45) is 2.34. The van der Waals surface area contributed by atoms with Gasteiger partial charge in [0.25, 0.3) is 0 Å². The number of aryl methyl sites for hydroxylation is 1. The summed E-state index contributed by atoms with van der Waals surface area (Å²) in [5.41, 5.74) is 6.76. The molecule has 108 valence electrons. The van der Waals surface area contributed by atoms with Crippen LogP contribution in [-0.2, 0) is 23.5 Å². The van der Waals surface area contributed by atoms with E-state index in [1.165, 1.54) is 6.07 Å². The Morgan fingerprint density at radius 1 is 1.40 bits per heavy atom. The number of benzene rings is 1. The molecule has 1 aromatic heterocycles. The number of aromatic nitrogens is 2. The second-order valence-electron chi connectivity index (χ2n) is 4.31. The van der Waals surface area contributed by atoms with Crippen molar-refractivity contribution in [1.29, 1.82) is 0 Å². The average molecular weight is 359 g/mol. The summed E-state index contributed by atoms with van der Waals surface area (Å²) < 4.78 is 29.2. The van der Waals surface area contributed by atoms with Crippen molar-refractivity contribution in [2.75, 3.05) is 12.3 Å². The lowest BCUT2D eigenvalue weighted by Gasteiger charge is -2.09. The molecule has 20 heavy (non-hydrogen) atoms. The number of nitrogens with one attached hydrogen (secondary N) is 1. The summed E-state index contributed by atoms with van der Waals surface area (Å²) in [7, 11) is -1.80. The maximum absolute atomic E-state index is 12.2. The van der Waals surface area contributed by atoms with Crippen LogP contribution >= 0.6 is 15.9 Å². The van der Waals surface area contributed by atoms with Gasteiger partial charge in [0.1, 0.15) is 4.90 Å². The molecule has 3 N–H and O–H groups in total. The SMILES string of the molecule is Cn1ccc(CCNS(=O)(=O)c2cc(Br)ccc2N)n1. The molecule has 0 aliphatic carbocycles. The van der Waals surface area contributed by atoms with E-state index in [4.69, 9.17) is 5.73 Å². The van der Waals surface area contributed by atoms with Gasteiger partial charge in [-0.3, -0.25) is 4.68 Å². The first-order valence-electron chi connectivity index (χ1n) is 5.92. The zero-order valence-electron chi connectivity index (χ0n) is 10.9. The number of nitrogens with two attached hydrogens (primary N) is 1. The normalized spacial score (nSPS) is 11.7. The van der Waals surface area contributed by atoms with E-state index in [9.17, 15) is 8.42 Å². The van der Waals surface area contributed by atoms with E-state index in [0.717, 1.165) is 5.69 Å². The van der Waals surface area contributed by atoms with Gasteiger partial charge in [-0.1, -0.05) is 15.9 Å². The fraction of sp³-hybridized carbons (Fsp3) is 0.250. The van der Waals surface area contributed by atoms with Gasteiger partial charge in [-0.15, -0.1) is 0 Å². The maximum atomic E-state index is 12.2. The number of rotatable bonds is 5. The topological polar surface area (TPSA) is 90.0 Å². The molecule has 0 saturated carbocycles. The maximum Gasteiger partial charge on any atom is 0.242 e. The quantitative estimate of drug-likeness (QED) is 0.787. The van der Waals surface area contributed by atoms with Gasteiger partial charge in [-0.05, 0) is 24.3 Å². The first-order chi connectivity index (χ1) is 9.38. The van der Waals surface area contributed by atoms with Crippen molar-refractivity contribution in [3.63, 3.8) is 0 Å². The van der Waals surface area contributed by atoms with Crippen LogP contribution in [0.4, 0.5) is 5.69 Å². The molecule has 0 radical (unpaired) electrons. The molecule has 6 nitrogen and oxygen atoms in total. The monoisotopic (exact) mass is 358 g/mol. The van der Waals surface area contributed by atoms with Crippen LogP contribution in [0.2, 0.25) is 0 Å². The molecule has 0 saturated heterocycles. The Morgan fingerprint density at radius 3 is 2.80 bits per heavy atom. The first-order valence-corrected chi connectivity index (χ1v) is 8.19. The van der Waals surface area contributed by atoms with Gasteiger partial charge in [0.2, 0.25) is 10.0 Å². The van der Waals surface area contributed by atoms with Gasteiger partial charge in [0.05, 0.1) is 11.4 Å². The van der Waals surface area contributed by atoms with Crippen molar-refractivity contribution < 1.29 is 8.42 Å². The number of nitrogen functional groups attached to an aromatic ring is 1. The molecular weight excluding hydrogens is 344 g/mol. The predicted octanol–water partition coefficient (Wildman–Crippen LogP) is 1.29. The summed E-state index contributed by atoms with van der Waals surface area (Å²) >= 11 is 3.24. The van der Waals surface area contributed by atoms with Crippen LogP contribution in [0.1, 0.15) is 5.69 Å². The lowest BCUT2D eigenvalue weighted by atomic mass is 10.3. The van der Waals surface area contributed by atoms with Crippen molar-refractivity contribution in [1.82, 2.24) is 14.5 Å². The Kier molecular flexibility index (Phi) is 4.46. The Morgan fingerprint density at radius 2 is 2.15 bits per heavy atom. The van der Waals surface area contributed by atoms with Crippen molar-refractivity contribution in [3.8, 4) is 0 Å². The van der Waals surface area contributed by atoms with E-state index in [1.807, 2.05) is 19.3 Å². The second kappa shape index (κ2) is 5.94. The standard InChI is InChI=1S/C12H15BrN4O2S/c1-17-7-5-10(16-17)4-6-15-20(18,19)12-8-9(13)2-3-11(12)14/h2-3,5,7-8,15H,4,6,14H2,1H3. The third-order valence-corrected chi connectivity index (χ3v) is 4.72. The number of anilines is 1. The van der Waals surface area contributed by atoms with E-state index in [2.05, 4.69) is 25.8 Å². The molecule has 0 atom stereocenters. The van der Waals surface area contributed by atoms with Gasteiger partial charge < -0.3 is 5.73 Å². The largest absolute Gasteiger partial charge is 0.398 e. The molecule has 0 aliphatic heterocycles. The minimum Gasteiger partial charge on any atom is -0.398 e. The third kappa shape index (κ3) is 3.59. The predicted molar refractivity (Wildman–Crippen MR) is 80.7 cm³/mol. The molecular formula is C12H15BrN4O2S. The molecule has 1 heterocycles. The number of hydrogen-bond donors (Lipinski definition) is 2. The molecule has 1 aromatic carbocycles. The molecule has 0 amide bonds. The Hall–Kier alpha value is -1.38. The zero-order valence-corrected chi connectivity index (χ0v) is 13.3. The van der Waals surface area contributed by atoms with Crippen molar-refractivity contribution in [3.05, 3.63) is 40.6 Å². The summed E-state index contributed by atoms with van der Waals surface area (Å²) in [6.45, 7) is 0.269. The van der Waals surface area contributed by atoms with Crippen LogP contribution in [0.15, 0.2) is 39.8 Å². The van der Waals surface area contributed by atoms with Gasteiger partial charge in [-0.25, -0.2) is 13.1 Å².